The zero-order chi connectivity index (χ0) is 27.9. The first kappa shape index (κ1) is 27.6. The molecule has 0 saturated carbocycles. The van der Waals surface area contributed by atoms with Gasteiger partial charge in [0.05, 0.1) is 41.1 Å². The predicted octanol–water partition coefficient (Wildman–Crippen LogP) is 6.02. The highest BCUT2D eigenvalue weighted by atomic mass is 32.2. The van der Waals surface area contributed by atoms with Crippen LogP contribution >= 0.6 is 11.8 Å². The van der Waals surface area contributed by atoms with E-state index in [1.54, 1.807) is 26.2 Å². The number of nitrogens with zero attached hydrogens (tertiary/aromatic N) is 1. The minimum absolute atomic E-state index is 0.0953. The summed E-state index contributed by atoms with van der Waals surface area (Å²) in [5.41, 5.74) is 5.60. The minimum atomic E-state index is -0.614. The number of hydrogen-bond acceptors (Lipinski definition) is 6. The van der Waals surface area contributed by atoms with E-state index < -0.39 is 5.92 Å². The Labute approximate surface area is 233 Å². The van der Waals surface area contributed by atoms with Crippen LogP contribution in [0.1, 0.15) is 29.5 Å². The van der Waals surface area contributed by atoms with Crippen LogP contribution in [0, 0.1) is 25.2 Å². The third-order valence-electron chi connectivity index (χ3n) is 6.23. The van der Waals surface area contributed by atoms with E-state index in [4.69, 9.17) is 4.74 Å². The molecular weight excluding hydrogens is 508 g/mol. The van der Waals surface area contributed by atoms with Crippen molar-refractivity contribution in [1.82, 2.24) is 5.32 Å². The van der Waals surface area contributed by atoms with Gasteiger partial charge in [0.25, 0.3) is 5.91 Å². The molecule has 0 aromatic heterocycles. The first-order valence-electron chi connectivity index (χ1n) is 12.4. The molecule has 2 amide bonds. The second-order valence-corrected chi connectivity index (χ2v) is 10.2. The summed E-state index contributed by atoms with van der Waals surface area (Å²) in [4.78, 5) is 26.4. The number of benzene rings is 3. The largest absolute Gasteiger partial charge is 0.495 e. The van der Waals surface area contributed by atoms with E-state index >= 15 is 0 Å². The number of thioether (sulfide) groups is 1. The molecule has 0 bridgehead atoms. The summed E-state index contributed by atoms with van der Waals surface area (Å²) in [6.07, 6.45) is 0. The number of carbonyl (C=O) groups excluding carboxylic acids is 2. The van der Waals surface area contributed by atoms with Crippen molar-refractivity contribution < 1.29 is 14.3 Å². The number of dihydropyridines is 1. The predicted molar refractivity (Wildman–Crippen MR) is 156 cm³/mol. The molecule has 198 valence electrons. The Balaban J connectivity index is 1.62. The summed E-state index contributed by atoms with van der Waals surface area (Å²) in [6, 6.07) is 24.8. The fraction of sp³-hybridized carbons (Fsp3) is 0.194. The van der Waals surface area contributed by atoms with Gasteiger partial charge in [-0.25, -0.2) is 0 Å². The van der Waals surface area contributed by atoms with Gasteiger partial charge >= 0.3 is 0 Å². The number of carbonyl (C=O) groups is 2. The minimum Gasteiger partial charge on any atom is -0.495 e. The summed E-state index contributed by atoms with van der Waals surface area (Å²) in [5, 5.41) is 19.9. The van der Waals surface area contributed by atoms with Crippen LogP contribution in [0.25, 0.3) is 0 Å². The number of anilines is 2. The summed E-state index contributed by atoms with van der Waals surface area (Å²) < 4.78 is 5.39. The van der Waals surface area contributed by atoms with Crippen LogP contribution in [-0.2, 0) is 9.59 Å². The molecule has 7 nitrogen and oxygen atoms in total. The summed E-state index contributed by atoms with van der Waals surface area (Å²) in [5.74, 6) is -0.516. The molecule has 3 aromatic carbocycles. The molecule has 0 aliphatic carbocycles. The highest BCUT2D eigenvalue weighted by Crippen LogP contribution is 2.41. The lowest BCUT2D eigenvalue weighted by molar-refractivity contribution is -0.114. The molecule has 0 saturated heterocycles. The van der Waals surface area contributed by atoms with E-state index in [0.717, 1.165) is 22.4 Å². The third-order valence-corrected chi connectivity index (χ3v) is 7.25. The van der Waals surface area contributed by atoms with Crippen molar-refractivity contribution in [3.63, 3.8) is 0 Å². The molecule has 1 aliphatic rings. The lowest BCUT2D eigenvalue weighted by Gasteiger charge is -2.30. The lowest BCUT2D eigenvalue weighted by Crippen LogP contribution is -2.31. The maximum atomic E-state index is 13.7. The zero-order valence-corrected chi connectivity index (χ0v) is 23.1. The number of methoxy groups -OCH3 is 1. The van der Waals surface area contributed by atoms with Crippen LogP contribution < -0.4 is 20.7 Å². The van der Waals surface area contributed by atoms with Gasteiger partial charge in [-0.05, 0) is 61.7 Å². The highest BCUT2D eigenvalue weighted by Gasteiger charge is 2.35. The van der Waals surface area contributed by atoms with Crippen molar-refractivity contribution in [2.24, 2.45) is 0 Å². The molecule has 0 spiro atoms. The zero-order valence-electron chi connectivity index (χ0n) is 22.3. The Bertz CT molecular complexity index is 1490. The quantitative estimate of drug-likeness (QED) is 0.324. The molecule has 1 atom stereocenters. The van der Waals surface area contributed by atoms with Crippen LogP contribution in [0.4, 0.5) is 11.4 Å². The van der Waals surface area contributed by atoms with E-state index in [1.807, 2.05) is 74.5 Å². The Hall–Kier alpha value is -4.48. The van der Waals surface area contributed by atoms with Crippen LogP contribution in [0.5, 0.6) is 5.75 Å². The molecule has 4 rings (SSSR count). The van der Waals surface area contributed by atoms with Crippen molar-refractivity contribution in [3.8, 4) is 11.8 Å². The number of nitriles is 1. The second-order valence-electron chi connectivity index (χ2n) is 9.23. The molecular formula is C31H30N4O3S. The maximum absolute atomic E-state index is 13.7. The molecule has 3 aromatic rings. The molecule has 0 radical (unpaired) electrons. The van der Waals surface area contributed by atoms with Gasteiger partial charge < -0.3 is 20.7 Å². The average Bonchev–Trinajstić information content (AvgIpc) is 2.91. The van der Waals surface area contributed by atoms with Crippen molar-refractivity contribution in [2.45, 2.75) is 26.7 Å². The van der Waals surface area contributed by atoms with E-state index in [-0.39, 0.29) is 17.6 Å². The second kappa shape index (κ2) is 12.4. The number of amides is 2. The first-order valence-corrected chi connectivity index (χ1v) is 13.4. The molecule has 1 heterocycles. The standard InChI is InChI=1S/C31H30N4O3S/c1-19-14-20(2)16-23(15-19)34-27(36)18-39-31-24(17-32)29(22-10-6-5-7-11-22)28(21(3)33-31)30(37)35-25-12-8-9-13-26(25)38-4/h5-16,29,33H,18H2,1-4H3,(H,34,36)(H,35,37)/t29-/m0/s1. The molecule has 8 heteroatoms. The van der Waals surface area contributed by atoms with E-state index in [9.17, 15) is 14.9 Å². The first-order chi connectivity index (χ1) is 18.8. The number of hydrogen-bond donors (Lipinski definition) is 3. The molecule has 1 aliphatic heterocycles. The van der Waals surface area contributed by atoms with Gasteiger partial charge in [-0.2, -0.15) is 5.26 Å². The monoisotopic (exact) mass is 538 g/mol. The van der Waals surface area contributed by atoms with Crippen LogP contribution in [0.15, 0.2) is 94.7 Å². The molecule has 3 N–H and O–H groups in total. The highest BCUT2D eigenvalue weighted by molar-refractivity contribution is 8.03. The Morgan fingerprint density at radius 3 is 2.31 bits per heavy atom. The van der Waals surface area contributed by atoms with E-state index in [1.165, 1.54) is 11.8 Å². The van der Waals surface area contributed by atoms with Crippen molar-refractivity contribution in [1.29, 1.82) is 5.26 Å². The normalized spacial score (nSPS) is 14.8. The third kappa shape index (κ3) is 6.51. The smallest absolute Gasteiger partial charge is 0.254 e. The van der Waals surface area contributed by atoms with Crippen LogP contribution in [-0.4, -0.2) is 24.7 Å². The van der Waals surface area contributed by atoms with Crippen molar-refractivity contribution in [2.75, 3.05) is 23.5 Å². The van der Waals surface area contributed by atoms with Crippen LogP contribution in [0.3, 0.4) is 0 Å². The Morgan fingerprint density at radius 1 is 0.974 bits per heavy atom. The number of aryl methyl sites for hydroxylation is 2. The maximum Gasteiger partial charge on any atom is 0.254 e. The fourth-order valence-electron chi connectivity index (χ4n) is 4.63. The van der Waals surface area contributed by atoms with Gasteiger partial charge in [0.1, 0.15) is 5.75 Å². The Kier molecular flexibility index (Phi) is 8.74. The van der Waals surface area contributed by atoms with Crippen molar-refractivity contribution >= 4 is 35.0 Å². The number of allylic oxidation sites excluding steroid dienone is 2. The SMILES string of the molecule is COc1ccccc1NC(=O)C1=C(C)NC(SCC(=O)Nc2cc(C)cc(C)c2)=C(C#N)[C@@H]1c1ccccc1. The topological polar surface area (TPSA) is 103 Å². The number of ether oxygens (including phenoxy) is 1. The fourth-order valence-corrected chi connectivity index (χ4v) is 5.52. The number of nitrogens with one attached hydrogen (secondary N) is 3. The average molecular weight is 539 g/mol. The van der Waals surface area contributed by atoms with E-state index in [2.05, 4.69) is 22.0 Å². The molecule has 39 heavy (non-hydrogen) atoms. The molecule has 0 fully saturated rings. The van der Waals surface area contributed by atoms with Gasteiger partial charge in [-0.3, -0.25) is 9.59 Å². The van der Waals surface area contributed by atoms with Gasteiger partial charge in [-0.1, -0.05) is 60.3 Å². The van der Waals surface area contributed by atoms with Gasteiger partial charge in [0.15, 0.2) is 0 Å². The summed E-state index contributed by atoms with van der Waals surface area (Å²) >= 11 is 1.24. The summed E-state index contributed by atoms with van der Waals surface area (Å²) in [6.45, 7) is 5.76. The lowest BCUT2D eigenvalue weighted by atomic mass is 9.82. The van der Waals surface area contributed by atoms with E-state index in [0.29, 0.717) is 33.3 Å². The van der Waals surface area contributed by atoms with Gasteiger partial charge in [0, 0.05) is 17.0 Å². The van der Waals surface area contributed by atoms with Crippen molar-refractivity contribution in [3.05, 3.63) is 111 Å². The molecule has 0 unspecified atom stereocenters. The Morgan fingerprint density at radius 2 is 1.64 bits per heavy atom. The van der Waals surface area contributed by atoms with Gasteiger partial charge in [0.2, 0.25) is 5.91 Å². The number of para-hydroxylation sites is 2. The van der Waals surface area contributed by atoms with Crippen LogP contribution in [0.2, 0.25) is 0 Å². The van der Waals surface area contributed by atoms with Gasteiger partial charge in [-0.15, -0.1) is 0 Å². The number of rotatable bonds is 8. The summed E-state index contributed by atoms with van der Waals surface area (Å²) in [7, 11) is 1.54.